The molecule has 166 valence electrons. The minimum atomic E-state index is -0.660. The van der Waals surface area contributed by atoms with Crippen LogP contribution in [0.1, 0.15) is 35.2 Å². The molecular weight excluding hydrogens is 416 g/mol. The maximum absolute atomic E-state index is 14.2. The molecule has 0 N–H and O–H groups in total. The lowest BCUT2D eigenvalue weighted by molar-refractivity contribution is -0.0704. The molecule has 3 fully saturated rings. The van der Waals surface area contributed by atoms with Crippen molar-refractivity contribution in [3.63, 3.8) is 0 Å². The molecule has 7 nitrogen and oxygen atoms in total. The minimum Gasteiger partial charge on any atom is -0.472 e. The fourth-order valence-electron chi connectivity index (χ4n) is 4.93. The number of aromatic nitrogens is 4. The van der Waals surface area contributed by atoms with Gasteiger partial charge in [-0.25, -0.2) is 13.8 Å². The van der Waals surface area contributed by atoms with Gasteiger partial charge >= 0.3 is 0 Å². The number of aryl methyl sites for hydroxylation is 1. The maximum atomic E-state index is 14.2. The van der Waals surface area contributed by atoms with Crippen LogP contribution >= 0.6 is 0 Å². The van der Waals surface area contributed by atoms with Crippen LogP contribution in [-0.4, -0.2) is 55.6 Å². The second-order valence-electron chi connectivity index (χ2n) is 8.38. The quantitative estimate of drug-likeness (QED) is 0.608. The summed E-state index contributed by atoms with van der Waals surface area (Å²) in [5.41, 5.74) is 1.46. The monoisotopic (exact) mass is 439 g/mol. The Morgan fingerprint density at radius 3 is 2.72 bits per heavy atom. The molecule has 1 amide bonds. The van der Waals surface area contributed by atoms with Crippen molar-refractivity contribution in [3.8, 4) is 11.6 Å². The van der Waals surface area contributed by atoms with Crippen LogP contribution in [0.4, 0.5) is 8.78 Å². The molecule has 2 bridgehead atoms. The second kappa shape index (κ2) is 8.29. The summed E-state index contributed by atoms with van der Waals surface area (Å²) in [5.74, 6) is -0.562. The summed E-state index contributed by atoms with van der Waals surface area (Å²) < 4.78 is 34.5. The number of pyridine rings is 1. The third-order valence-electron chi connectivity index (χ3n) is 6.43. The first kappa shape index (κ1) is 20.5. The topological polar surface area (TPSA) is 73.1 Å². The first-order chi connectivity index (χ1) is 15.5. The van der Waals surface area contributed by atoms with Crippen LogP contribution in [0.15, 0.2) is 48.9 Å². The fourth-order valence-corrected chi connectivity index (χ4v) is 4.93. The number of amides is 1. The molecule has 9 heteroatoms. The van der Waals surface area contributed by atoms with Gasteiger partial charge in [0, 0.05) is 12.3 Å². The molecule has 4 heterocycles. The first-order valence-corrected chi connectivity index (χ1v) is 10.7. The maximum Gasteiger partial charge on any atom is 0.256 e. The molecule has 4 atom stereocenters. The molecule has 0 spiro atoms. The minimum absolute atomic E-state index is 0.0377. The standard InChI is InChI=1S/C23H23F2N5O2/c1-14-2-7-22(26-13-14)32-21-10-15-3-5-19(21)29(20(15)12-24)23(31)17-11-16(25)4-6-18(17)30-27-8-9-28-30/h2,4,6-9,11,13,15,19-21H,3,5,10,12H2,1H3. The SMILES string of the molecule is Cc1ccc(OC2CC3CCC2N(C(=O)c2cc(F)ccc2-n2nccn2)C3CF)nc1. The number of fused-ring (bicyclic) bond motifs is 3. The van der Waals surface area contributed by atoms with Gasteiger partial charge in [0.2, 0.25) is 5.88 Å². The van der Waals surface area contributed by atoms with Gasteiger partial charge in [-0.3, -0.25) is 4.79 Å². The highest BCUT2D eigenvalue weighted by Crippen LogP contribution is 2.42. The smallest absolute Gasteiger partial charge is 0.256 e. The van der Waals surface area contributed by atoms with Gasteiger partial charge in [-0.15, -0.1) is 0 Å². The van der Waals surface area contributed by atoms with E-state index in [1.54, 1.807) is 17.2 Å². The van der Waals surface area contributed by atoms with Gasteiger partial charge < -0.3 is 9.64 Å². The van der Waals surface area contributed by atoms with Crippen molar-refractivity contribution in [1.82, 2.24) is 24.9 Å². The van der Waals surface area contributed by atoms with Crippen LogP contribution in [0, 0.1) is 18.7 Å². The van der Waals surface area contributed by atoms with E-state index < -0.39 is 24.4 Å². The molecule has 4 unspecified atom stereocenters. The normalized spacial score (nSPS) is 24.5. The number of nitrogens with zero attached hydrogens (tertiary/aromatic N) is 5. The average Bonchev–Trinajstić information content (AvgIpc) is 3.34. The molecule has 3 aromatic rings. The third kappa shape index (κ3) is 3.61. The Morgan fingerprint density at radius 2 is 2.00 bits per heavy atom. The molecular formula is C23H23F2N5O2. The van der Waals surface area contributed by atoms with E-state index in [1.807, 2.05) is 13.0 Å². The molecule has 2 saturated heterocycles. The molecule has 32 heavy (non-hydrogen) atoms. The molecule has 1 aromatic carbocycles. The molecule has 2 aromatic heterocycles. The number of rotatable bonds is 5. The zero-order valence-electron chi connectivity index (χ0n) is 17.6. The molecule has 0 radical (unpaired) electrons. The van der Waals surface area contributed by atoms with Crippen LogP contribution in [-0.2, 0) is 0 Å². The van der Waals surface area contributed by atoms with Crippen molar-refractivity contribution in [2.24, 2.45) is 5.92 Å². The van der Waals surface area contributed by atoms with E-state index in [9.17, 15) is 13.6 Å². The number of ether oxygens (including phenoxy) is 1. The summed E-state index contributed by atoms with van der Waals surface area (Å²) in [4.78, 5) is 20.9. The Kier molecular flexibility index (Phi) is 5.32. The highest BCUT2D eigenvalue weighted by atomic mass is 19.1. The van der Waals surface area contributed by atoms with Gasteiger partial charge in [0.15, 0.2) is 0 Å². The van der Waals surface area contributed by atoms with Gasteiger partial charge in [0.05, 0.1) is 35.7 Å². The van der Waals surface area contributed by atoms with Crippen LogP contribution in [0.5, 0.6) is 5.88 Å². The second-order valence-corrected chi connectivity index (χ2v) is 8.38. The lowest BCUT2D eigenvalue weighted by atomic mass is 9.73. The largest absolute Gasteiger partial charge is 0.472 e. The highest BCUT2D eigenvalue weighted by Gasteiger charge is 2.50. The van der Waals surface area contributed by atoms with Crippen LogP contribution < -0.4 is 4.74 Å². The summed E-state index contributed by atoms with van der Waals surface area (Å²) >= 11 is 0. The first-order valence-electron chi connectivity index (χ1n) is 10.7. The molecule has 6 rings (SSSR count). The zero-order chi connectivity index (χ0) is 22.2. The summed E-state index contributed by atoms with van der Waals surface area (Å²) in [7, 11) is 0. The van der Waals surface area contributed by atoms with Gasteiger partial charge in [0.1, 0.15) is 18.6 Å². The lowest BCUT2D eigenvalue weighted by Gasteiger charge is -2.53. The molecule has 1 saturated carbocycles. The number of carbonyl (C=O) groups excluding carboxylic acids is 1. The third-order valence-corrected chi connectivity index (χ3v) is 6.43. The Hall–Kier alpha value is -3.36. The van der Waals surface area contributed by atoms with E-state index in [2.05, 4.69) is 15.2 Å². The van der Waals surface area contributed by atoms with E-state index in [-0.39, 0.29) is 23.6 Å². The van der Waals surface area contributed by atoms with E-state index in [0.29, 0.717) is 24.4 Å². The fraction of sp³-hybridized carbons (Fsp3) is 0.391. The number of carbonyl (C=O) groups is 1. The molecule has 2 aliphatic heterocycles. The predicted molar refractivity (Wildman–Crippen MR) is 112 cm³/mol. The average molecular weight is 439 g/mol. The zero-order valence-corrected chi connectivity index (χ0v) is 17.6. The van der Waals surface area contributed by atoms with Gasteiger partial charge in [-0.2, -0.15) is 15.0 Å². The highest BCUT2D eigenvalue weighted by molar-refractivity contribution is 5.98. The number of hydrogen-bond acceptors (Lipinski definition) is 5. The van der Waals surface area contributed by atoms with Crippen molar-refractivity contribution in [2.45, 2.75) is 44.4 Å². The van der Waals surface area contributed by atoms with Crippen LogP contribution in [0.2, 0.25) is 0 Å². The van der Waals surface area contributed by atoms with Gasteiger partial charge in [0.25, 0.3) is 5.91 Å². The molecule has 1 aliphatic carbocycles. The Bertz CT molecular complexity index is 1110. The summed E-state index contributed by atoms with van der Waals surface area (Å²) in [5, 5.41) is 8.15. The van der Waals surface area contributed by atoms with Crippen molar-refractivity contribution >= 4 is 5.91 Å². The Labute approximate surface area is 184 Å². The van der Waals surface area contributed by atoms with Gasteiger partial charge in [-0.05, 0) is 55.9 Å². The number of alkyl halides is 1. The van der Waals surface area contributed by atoms with Crippen molar-refractivity contribution in [1.29, 1.82) is 0 Å². The summed E-state index contributed by atoms with van der Waals surface area (Å²) in [6.45, 7) is 1.28. The van der Waals surface area contributed by atoms with E-state index in [4.69, 9.17) is 4.74 Å². The number of piperidine rings is 2. The summed E-state index contributed by atoms with van der Waals surface area (Å²) in [6.07, 6.45) is 6.52. The molecule has 3 aliphatic rings. The van der Waals surface area contributed by atoms with Crippen molar-refractivity contribution in [2.75, 3.05) is 6.67 Å². The number of benzene rings is 1. The van der Waals surface area contributed by atoms with Gasteiger partial charge in [-0.1, -0.05) is 6.07 Å². The van der Waals surface area contributed by atoms with Crippen molar-refractivity contribution < 1.29 is 18.3 Å². The van der Waals surface area contributed by atoms with E-state index in [1.165, 1.54) is 29.3 Å². The van der Waals surface area contributed by atoms with Crippen LogP contribution in [0.25, 0.3) is 5.69 Å². The summed E-state index contributed by atoms with van der Waals surface area (Å²) in [6, 6.07) is 6.67. The number of hydrogen-bond donors (Lipinski definition) is 0. The van der Waals surface area contributed by atoms with E-state index in [0.717, 1.165) is 18.1 Å². The Balaban J connectivity index is 1.49. The van der Waals surface area contributed by atoms with Crippen molar-refractivity contribution in [3.05, 3.63) is 65.9 Å². The number of halogens is 2. The lowest BCUT2D eigenvalue weighted by Crippen LogP contribution is -2.65. The predicted octanol–water partition coefficient (Wildman–Crippen LogP) is 3.52. The van der Waals surface area contributed by atoms with Crippen LogP contribution in [0.3, 0.4) is 0 Å². The van der Waals surface area contributed by atoms with E-state index >= 15 is 0 Å². The Morgan fingerprint density at radius 1 is 1.19 bits per heavy atom.